The lowest BCUT2D eigenvalue weighted by molar-refractivity contribution is 0.189. The molecule has 1 atom stereocenters. The van der Waals surface area contributed by atoms with Crippen LogP contribution in [0.5, 0.6) is 0 Å². The van der Waals surface area contributed by atoms with Crippen LogP contribution in [0.4, 0.5) is 6.01 Å². The molecular formula is C7H12ClN3O2. The Morgan fingerprint density at radius 3 is 2.92 bits per heavy atom. The summed E-state index contributed by atoms with van der Waals surface area (Å²) in [6, 6.07) is 0.508. The van der Waals surface area contributed by atoms with Crippen LogP contribution >= 0.6 is 11.6 Å². The Balaban J connectivity index is 2.44. The van der Waals surface area contributed by atoms with E-state index < -0.39 is 0 Å². The third-order valence-electron chi connectivity index (χ3n) is 1.37. The lowest BCUT2D eigenvalue weighted by Gasteiger charge is -2.09. The fourth-order valence-electron chi connectivity index (χ4n) is 0.868. The number of aromatic nitrogens is 2. The lowest BCUT2D eigenvalue weighted by Crippen LogP contribution is -2.20. The monoisotopic (exact) mass is 205 g/mol. The van der Waals surface area contributed by atoms with E-state index in [2.05, 4.69) is 15.5 Å². The van der Waals surface area contributed by atoms with E-state index in [4.69, 9.17) is 20.8 Å². The molecule has 6 heteroatoms. The number of anilines is 1. The predicted molar refractivity (Wildman–Crippen MR) is 48.8 cm³/mol. The minimum absolute atomic E-state index is 0.133. The van der Waals surface area contributed by atoms with Crippen molar-refractivity contribution < 1.29 is 9.15 Å². The van der Waals surface area contributed by atoms with Crippen molar-refractivity contribution in [3.63, 3.8) is 0 Å². The summed E-state index contributed by atoms with van der Waals surface area (Å²) in [5.41, 5.74) is 0. The van der Waals surface area contributed by atoms with E-state index in [0.29, 0.717) is 18.5 Å². The molecule has 0 amide bonds. The number of halogens is 1. The van der Waals surface area contributed by atoms with E-state index in [1.54, 1.807) is 7.11 Å². The number of ether oxygens (including phenoxy) is 1. The van der Waals surface area contributed by atoms with Gasteiger partial charge in [0.25, 0.3) is 0 Å². The van der Waals surface area contributed by atoms with Gasteiger partial charge >= 0.3 is 6.01 Å². The van der Waals surface area contributed by atoms with E-state index in [1.807, 2.05) is 6.92 Å². The largest absolute Gasteiger partial charge is 0.407 e. The van der Waals surface area contributed by atoms with E-state index in [0.717, 1.165) is 0 Å². The van der Waals surface area contributed by atoms with E-state index >= 15 is 0 Å². The summed E-state index contributed by atoms with van der Waals surface area (Å²) in [5, 5.41) is 10.4. The zero-order chi connectivity index (χ0) is 9.68. The summed E-state index contributed by atoms with van der Waals surface area (Å²) < 4.78 is 10.1. The van der Waals surface area contributed by atoms with Gasteiger partial charge in [-0.05, 0) is 6.92 Å². The maximum absolute atomic E-state index is 5.49. The van der Waals surface area contributed by atoms with E-state index in [1.165, 1.54) is 0 Å². The quantitative estimate of drug-likeness (QED) is 0.734. The molecule has 1 rings (SSSR count). The average molecular weight is 206 g/mol. The molecule has 74 valence electrons. The normalized spacial score (nSPS) is 12.8. The number of hydrogen-bond donors (Lipinski definition) is 1. The third kappa shape index (κ3) is 3.20. The fourth-order valence-corrected chi connectivity index (χ4v) is 0.976. The first-order valence-electron chi connectivity index (χ1n) is 3.90. The first-order chi connectivity index (χ1) is 6.26. The Bertz CT molecular complexity index is 254. The van der Waals surface area contributed by atoms with Gasteiger partial charge in [-0.15, -0.1) is 16.7 Å². The molecule has 1 aromatic rings. The van der Waals surface area contributed by atoms with Gasteiger partial charge in [0.2, 0.25) is 5.89 Å². The number of nitrogens with one attached hydrogen (secondary N) is 1. The van der Waals surface area contributed by atoms with Crippen LogP contribution in [-0.2, 0) is 10.6 Å². The van der Waals surface area contributed by atoms with Gasteiger partial charge in [-0.25, -0.2) is 0 Å². The third-order valence-corrected chi connectivity index (χ3v) is 1.60. The van der Waals surface area contributed by atoms with Gasteiger partial charge in [0.1, 0.15) is 5.88 Å². The van der Waals surface area contributed by atoms with Crippen molar-refractivity contribution in [2.75, 3.05) is 19.0 Å². The summed E-state index contributed by atoms with van der Waals surface area (Å²) in [6.07, 6.45) is 0. The summed E-state index contributed by atoms with van der Waals surface area (Å²) in [5.74, 6) is 0.640. The minimum Gasteiger partial charge on any atom is -0.407 e. The van der Waals surface area contributed by atoms with Gasteiger partial charge in [0, 0.05) is 7.11 Å². The van der Waals surface area contributed by atoms with Crippen LogP contribution in [0, 0.1) is 0 Å². The molecule has 1 aromatic heterocycles. The van der Waals surface area contributed by atoms with Crippen LogP contribution < -0.4 is 5.32 Å². The maximum Gasteiger partial charge on any atom is 0.315 e. The van der Waals surface area contributed by atoms with E-state index in [-0.39, 0.29) is 11.9 Å². The molecule has 5 nitrogen and oxygen atoms in total. The van der Waals surface area contributed by atoms with Gasteiger partial charge < -0.3 is 14.5 Å². The highest BCUT2D eigenvalue weighted by Gasteiger charge is 2.07. The Hall–Kier alpha value is -0.810. The number of nitrogens with zero attached hydrogens (tertiary/aromatic N) is 2. The molecule has 0 aromatic carbocycles. The molecule has 1 unspecified atom stereocenters. The van der Waals surface area contributed by atoms with Crippen molar-refractivity contribution in [3.05, 3.63) is 5.89 Å². The van der Waals surface area contributed by atoms with Gasteiger partial charge in [-0.3, -0.25) is 0 Å². The second-order valence-electron chi connectivity index (χ2n) is 2.64. The highest BCUT2D eigenvalue weighted by Crippen LogP contribution is 2.08. The van der Waals surface area contributed by atoms with Crippen LogP contribution in [0.25, 0.3) is 0 Å². The van der Waals surface area contributed by atoms with Gasteiger partial charge in [0.15, 0.2) is 0 Å². The first kappa shape index (κ1) is 10.3. The Morgan fingerprint density at radius 1 is 1.62 bits per heavy atom. The van der Waals surface area contributed by atoms with Gasteiger partial charge in [-0.1, -0.05) is 5.10 Å². The molecule has 1 heterocycles. The molecule has 13 heavy (non-hydrogen) atoms. The second-order valence-corrected chi connectivity index (χ2v) is 2.90. The van der Waals surface area contributed by atoms with Crippen LogP contribution in [-0.4, -0.2) is 30.0 Å². The number of methoxy groups -OCH3 is 1. The summed E-state index contributed by atoms with van der Waals surface area (Å²) in [6.45, 7) is 2.53. The van der Waals surface area contributed by atoms with Crippen molar-refractivity contribution in [2.24, 2.45) is 0 Å². The zero-order valence-corrected chi connectivity index (χ0v) is 8.34. The molecule has 0 fully saturated rings. The molecule has 1 N–H and O–H groups in total. The summed E-state index contributed by atoms with van der Waals surface area (Å²) in [7, 11) is 1.64. The SMILES string of the molecule is COCC(C)Nc1nnc(CCl)o1. The lowest BCUT2D eigenvalue weighted by atomic mass is 10.4. The van der Waals surface area contributed by atoms with Gasteiger partial charge in [0.05, 0.1) is 12.6 Å². The molecule has 0 saturated heterocycles. The smallest absolute Gasteiger partial charge is 0.315 e. The van der Waals surface area contributed by atoms with Crippen molar-refractivity contribution in [1.29, 1.82) is 0 Å². The standard InChI is InChI=1S/C7H12ClN3O2/c1-5(4-12-2)9-7-11-10-6(3-8)13-7/h5H,3-4H2,1-2H3,(H,9,11). The topological polar surface area (TPSA) is 60.2 Å². The minimum atomic E-state index is 0.133. The van der Waals surface area contributed by atoms with Crippen LogP contribution in [0.2, 0.25) is 0 Å². The van der Waals surface area contributed by atoms with Crippen molar-refractivity contribution in [1.82, 2.24) is 10.2 Å². The van der Waals surface area contributed by atoms with Crippen LogP contribution in [0.3, 0.4) is 0 Å². The molecule has 0 aliphatic carbocycles. The zero-order valence-electron chi connectivity index (χ0n) is 7.58. The van der Waals surface area contributed by atoms with Crippen LogP contribution in [0.1, 0.15) is 12.8 Å². The van der Waals surface area contributed by atoms with Gasteiger partial charge in [-0.2, -0.15) is 0 Å². The molecule has 0 bridgehead atoms. The molecule has 0 radical (unpaired) electrons. The van der Waals surface area contributed by atoms with Crippen molar-refractivity contribution in [3.8, 4) is 0 Å². The number of alkyl halides is 1. The molecular weight excluding hydrogens is 194 g/mol. The Kier molecular flexibility index (Phi) is 3.98. The predicted octanol–water partition coefficient (Wildman–Crippen LogP) is 1.26. The summed E-state index contributed by atoms with van der Waals surface area (Å²) in [4.78, 5) is 0. The molecule has 0 aliphatic rings. The van der Waals surface area contributed by atoms with Crippen molar-refractivity contribution >= 4 is 17.6 Å². The highest BCUT2D eigenvalue weighted by atomic mass is 35.5. The number of rotatable bonds is 5. The average Bonchev–Trinajstić information content (AvgIpc) is 2.52. The fraction of sp³-hybridized carbons (Fsp3) is 0.714. The first-order valence-corrected chi connectivity index (χ1v) is 4.43. The molecule has 0 aliphatic heterocycles. The maximum atomic E-state index is 5.49. The highest BCUT2D eigenvalue weighted by molar-refractivity contribution is 6.16. The molecule has 0 spiro atoms. The van der Waals surface area contributed by atoms with Crippen LogP contribution in [0.15, 0.2) is 4.42 Å². The molecule has 0 saturated carbocycles. The van der Waals surface area contributed by atoms with Crippen molar-refractivity contribution in [2.45, 2.75) is 18.8 Å². The Morgan fingerprint density at radius 2 is 2.38 bits per heavy atom. The summed E-state index contributed by atoms with van der Waals surface area (Å²) >= 11 is 5.49. The second kappa shape index (κ2) is 5.04. The number of hydrogen-bond acceptors (Lipinski definition) is 5. The Labute approximate surface area is 81.4 Å². The van der Waals surface area contributed by atoms with E-state index in [9.17, 15) is 0 Å².